The maximum Gasteiger partial charge on any atom is 0.405 e. The van der Waals surface area contributed by atoms with Gasteiger partial charge in [0.15, 0.2) is 5.65 Å². The molecule has 2 aromatic heterocycles. The Balaban J connectivity index is 2.16. The Morgan fingerprint density at radius 2 is 2.15 bits per heavy atom. The van der Waals surface area contributed by atoms with Crippen molar-refractivity contribution in [3.8, 4) is 0 Å². The van der Waals surface area contributed by atoms with E-state index >= 15 is 0 Å². The number of carbonyl (C=O) groups is 1. The van der Waals surface area contributed by atoms with Crippen LogP contribution in [0.15, 0.2) is 17.3 Å². The van der Waals surface area contributed by atoms with Crippen molar-refractivity contribution in [1.82, 2.24) is 24.6 Å². The zero-order valence-corrected chi connectivity index (χ0v) is 10.3. The minimum Gasteiger partial charge on any atom is -0.345 e. The topological polar surface area (TPSA) is 81.8 Å². The number of carbonyl (C=O) groups excluding carboxylic acids is 1. The molecule has 0 fully saturated rings. The number of alkyl halides is 3. The van der Waals surface area contributed by atoms with Gasteiger partial charge in [0.05, 0.1) is 6.20 Å². The lowest BCUT2D eigenvalue weighted by molar-refractivity contribution is -0.138. The van der Waals surface area contributed by atoms with Crippen LogP contribution in [0, 0.1) is 0 Å². The summed E-state index contributed by atoms with van der Waals surface area (Å²) in [5, 5.41) is 5.71. The van der Waals surface area contributed by atoms with Crippen LogP contribution in [0.1, 0.15) is 0 Å². The van der Waals surface area contributed by atoms with Crippen molar-refractivity contribution in [3.05, 3.63) is 22.9 Å². The molecule has 20 heavy (non-hydrogen) atoms. The molecule has 2 rings (SSSR count). The highest BCUT2D eigenvalue weighted by Gasteiger charge is 2.27. The van der Waals surface area contributed by atoms with Crippen molar-refractivity contribution in [1.29, 1.82) is 0 Å². The summed E-state index contributed by atoms with van der Waals surface area (Å²) in [6, 6.07) is 0. The lowest BCUT2D eigenvalue weighted by Crippen LogP contribution is -2.37. The van der Waals surface area contributed by atoms with Crippen LogP contribution in [-0.2, 0) is 18.4 Å². The smallest absolute Gasteiger partial charge is 0.345 e. The zero-order valence-electron chi connectivity index (χ0n) is 10.3. The molecule has 1 N–H and O–H groups in total. The van der Waals surface area contributed by atoms with Gasteiger partial charge in [0.1, 0.15) is 24.8 Å². The molecule has 0 saturated carbocycles. The molecule has 2 heterocycles. The molecule has 0 spiro atoms. The lowest BCUT2D eigenvalue weighted by atomic mass is 10.4. The summed E-state index contributed by atoms with van der Waals surface area (Å²) in [4.78, 5) is 27.2. The van der Waals surface area contributed by atoms with Gasteiger partial charge >= 0.3 is 6.18 Å². The van der Waals surface area contributed by atoms with Crippen molar-refractivity contribution in [3.63, 3.8) is 0 Å². The first-order valence-electron chi connectivity index (χ1n) is 5.48. The molecule has 0 aliphatic carbocycles. The van der Waals surface area contributed by atoms with E-state index in [0.29, 0.717) is 5.65 Å². The quantitative estimate of drug-likeness (QED) is 0.849. The van der Waals surface area contributed by atoms with Gasteiger partial charge in [-0.05, 0) is 0 Å². The first-order chi connectivity index (χ1) is 9.28. The standard InChI is InChI=1S/C10H10F3N5O2/c1-17-8-6(2-16-17)9(20)18(5-15-8)3-7(19)14-4-10(11,12)13/h2,5H,3-4H2,1H3,(H,14,19). The molecule has 0 unspecified atom stereocenters. The van der Waals surface area contributed by atoms with Gasteiger partial charge in [-0.1, -0.05) is 0 Å². The van der Waals surface area contributed by atoms with Gasteiger partial charge in [0.2, 0.25) is 5.91 Å². The largest absolute Gasteiger partial charge is 0.405 e. The Labute approximate surface area is 110 Å². The van der Waals surface area contributed by atoms with E-state index in [1.807, 2.05) is 0 Å². The number of rotatable bonds is 3. The molecule has 2 aromatic rings. The second-order valence-corrected chi connectivity index (χ2v) is 4.07. The van der Waals surface area contributed by atoms with Crippen LogP contribution in [-0.4, -0.2) is 38.0 Å². The van der Waals surface area contributed by atoms with E-state index in [1.165, 1.54) is 10.9 Å². The zero-order chi connectivity index (χ0) is 14.9. The second kappa shape index (κ2) is 4.94. The van der Waals surface area contributed by atoms with Crippen molar-refractivity contribution in [2.75, 3.05) is 6.54 Å². The van der Waals surface area contributed by atoms with Crippen molar-refractivity contribution >= 4 is 16.9 Å². The fraction of sp³-hybridized carbons (Fsp3) is 0.400. The summed E-state index contributed by atoms with van der Waals surface area (Å²) in [7, 11) is 1.59. The molecule has 0 bridgehead atoms. The minimum absolute atomic E-state index is 0.193. The summed E-state index contributed by atoms with van der Waals surface area (Å²) in [5.74, 6) is -0.922. The van der Waals surface area contributed by atoms with E-state index in [-0.39, 0.29) is 5.39 Å². The third-order valence-electron chi connectivity index (χ3n) is 2.52. The molecular weight excluding hydrogens is 279 g/mol. The van der Waals surface area contributed by atoms with Crippen LogP contribution in [0.3, 0.4) is 0 Å². The monoisotopic (exact) mass is 289 g/mol. The van der Waals surface area contributed by atoms with Gasteiger partial charge in [-0.2, -0.15) is 18.3 Å². The second-order valence-electron chi connectivity index (χ2n) is 4.07. The Morgan fingerprint density at radius 3 is 2.80 bits per heavy atom. The SMILES string of the molecule is Cn1ncc2c(=O)n(CC(=O)NCC(F)(F)F)cnc21. The van der Waals surface area contributed by atoms with Crippen molar-refractivity contribution in [2.24, 2.45) is 7.05 Å². The first kappa shape index (κ1) is 14.0. The summed E-state index contributed by atoms with van der Waals surface area (Å²) in [6.45, 7) is -1.98. The van der Waals surface area contributed by atoms with Crippen LogP contribution in [0.2, 0.25) is 0 Å². The van der Waals surface area contributed by atoms with Crippen molar-refractivity contribution < 1.29 is 18.0 Å². The molecule has 0 aliphatic rings. The van der Waals surface area contributed by atoms with E-state index in [0.717, 1.165) is 10.9 Å². The van der Waals surface area contributed by atoms with Gasteiger partial charge < -0.3 is 5.32 Å². The predicted molar refractivity (Wildman–Crippen MR) is 61.8 cm³/mol. The van der Waals surface area contributed by atoms with Crippen molar-refractivity contribution in [2.45, 2.75) is 12.7 Å². The molecule has 0 aromatic carbocycles. The average Bonchev–Trinajstić information content (AvgIpc) is 2.72. The Morgan fingerprint density at radius 1 is 1.45 bits per heavy atom. The number of aryl methyl sites for hydroxylation is 1. The minimum atomic E-state index is -4.49. The number of nitrogens with one attached hydrogen (secondary N) is 1. The molecule has 0 radical (unpaired) electrons. The summed E-state index contributed by atoms with van der Waals surface area (Å²) >= 11 is 0. The molecule has 108 valence electrons. The Kier molecular flexibility index (Phi) is 3.47. The highest BCUT2D eigenvalue weighted by molar-refractivity contribution is 5.77. The number of hydrogen-bond acceptors (Lipinski definition) is 4. The predicted octanol–water partition coefficient (Wildman–Crippen LogP) is -0.192. The van der Waals surface area contributed by atoms with Crippen LogP contribution < -0.4 is 10.9 Å². The van der Waals surface area contributed by atoms with Gasteiger partial charge in [-0.3, -0.25) is 18.8 Å². The van der Waals surface area contributed by atoms with Crippen LogP contribution in [0.5, 0.6) is 0 Å². The van der Waals surface area contributed by atoms with Crippen LogP contribution in [0.25, 0.3) is 11.0 Å². The molecule has 10 heteroatoms. The molecule has 7 nitrogen and oxygen atoms in total. The third kappa shape index (κ3) is 2.95. The fourth-order valence-electron chi connectivity index (χ4n) is 1.59. The maximum atomic E-state index is 11.9. The average molecular weight is 289 g/mol. The normalized spacial score (nSPS) is 11.8. The lowest BCUT2D eigenvalue weighted by Gasteiger charge is -2.09. The number of nitrogens with zero attached hydrogens (tertiary/aromatic N) is 4. The molecule has 0 aliphatic heterocycles. The molecular formula is C10H10F3N5O2. The third-order valence-corrected chi connectivity index (χ3v) is 2.52. The number of amides is 1. The molecule has 1 amide bonds. The number of fused-ring (bicyclic) bond motifs is 1. The van der Waals surface area contributed by atoms with E-state index < -0.39 is 30.7 Å². The van der Waals surface area contributed by atoms with E-state index in [4.69, 9.17) is 0 Å². The van der Waals surface area contributed by atoms with Gasteiger partial charge in [-0.25, -0.2) is 4.98 Å². The summed E-state index contributed by atoms with van der Waals surface area (Å²) in [5.41, 5.74) is -0.202. The molecule has 0 atom stereocenters. The number of aromatic nitrogens is 4. The van der Waals surface area contributed by atoms with Gasteiger partial charge in [0.25, 0.3) is 5.56 Å². The van der Waals surface area contributed by atoms with E-state index in [9.17, 15) is 22.8 Å². The summed E-state index contributed by atoms with van der Waals surface area (Å²) < 4.78 is 38.1. The van der Waals surface area contributed by atoms with Crippen LogP contribution in [0.4, 0.5) is 13.2 Å². The number of halogens is 3. The van der Waals surface area contributed by atoms with Crippen LogP contribution >= 0.6 is 0 Å². The molecule has 0 saturated heterocycles. The highest BCUT2D eigenvalue weighted by atomic mass is 19.4. The number of hydrogen-bond donors (Lipinski definition) is 1. The van der Waals surface area contributed by atoms with E-state index in [2.05, 4.69) is 10.1 Å². The van der Waals surface area contributed by atoms with E-state index in [1.54, 1.807) is 12.4 Å². The van der Waals surface area contributed by atoms with Gasteiger partial charge in [-0.15, -0.1) is 0 Å². The highest BCUT2D eigenvalue weighted by Crippen LogP contribution is 2.12. The first-order valence-corrected chi connectivity index (χ1v) is 5.48. The van der Waals surface area contributed by atoms with Gasteiger partial charge in [0, 0.05) is 7.05 Å². The maximum absolute atomic E-state index is 11.9. The fourth-order valence-corrected chi connectivity index (χ4v) is 1.59. The Hall–Kier alpha value is -2.39. The summed E-state index contributed by atoms with van der Waals surface area (Å²) in [6.07, 6.45) is -2.11. The Bertz CT molecular complexity index is 703.